The molecular formula is C24H32ClN5O2. The van der Waals surface area contributed by atoms with E-state index < -0.39 is 0 Å². The maximum absolute atomic E-state index is 6.46. The number of hydrogen-bond donors (Lipinski definition) is 1. The molecular weight excluding hydrogens is 426 g/mol. The zero-order chi connectivity index (χ0) is 22.5. The fourth-order valence-electron chi connectivity index (χ4n) is 3.98. The minimum atomic E-state index is 0.540. The zero-order valence-electron chi connectivity index (χ0n) is 19.1. The van der Waals surface area contributed by atoms with Gasteiger partial charge in [-0.1, -0.05) is 11.6 Å². The molecule has 1 N–H and O–H groups in total. The van der Waals surface area contributed by atoms with Crippen LogP contribution in [0.4, 0.5) is 5.69 Å². The molecule has 4 rings (SSSR count). The Morgan fingerprint density at radius 3 is 2.84 bits per heavy atom. The molecule has 3 aromatic rings. The van der Waals surface area contributed by atoms with Gasteiger partial charge in [0.2, 0.25) is 0 Å². The molecule has 1 aromatic carbocycles. The van der Waals surface area contributed by atoms with Crippen molar-refractivity contribution in [2.45, 2.75) is 12.8 Å². The third-order valence-corrected chi connectivity index (χ3v) is 5.98. The zero-order valence-corrected chi connectivity index (χ0v) is 19.9. The summed E-state index contributed by atoms with van der Waals surface area (Å²) in [5.41, 5.74) is 3.79. The molecule has 1 fully saturated rings. The lowest BCUT2D eigenvalue weighted by Crippen LogP contribution is -2.27. The van der Waals surface area contributed by atoms with Crippen molar-refractivity contribution < 1.29 is 9.47 Å². The molecule has 0 amide bonds. The fraction of sp³-hybridized carbons (Fsp3) is 0.458. The highest BCUT2D eigenvalue weighted by molar-refractivity contribution is 6.32. The standard InChI is InChI=1S/C24H32ClN5O2/c1-28(2)9-5-13-32-22-16-23(31-3)20(25)15-19(22)21-17-30-11-6-18(14-24(30)27-21)29-10-4-7-26-8-12-29/h6,11,14-17,26H,4-5,7-10,12-13H2,1-3H3. The van der Waals surface area contributed by atoms with Crippen LogP contribution in [0.1, 0.15) is 12.8 Å². The number of pyridine rings is 1. The predicted molar refractivity (Wildman–Crippen MR) is 131 cm³/mol. The van der Waals surface area contributed by atoms with Gasteiger partial charge in [-0.05, 0) is 45.6 Å². The normalized spacial score (nSPS) is 14.7. The maximum atomic E-state index is 6.46. The lowest BCUT2D eigenvalue weighted by atomic mass is 10.1. The van der Waals surface area contributed by atoms with E-state index >= 15 is 0 Å². The molecule has 1 aliphatic heterocycles. The number of benzene rings is 1. The Morgan fingerprint density at radius 2 is 2.03 bits per heavy atom. The van der Waals surface area contributed by atoms with Gasteiger partial charge in [-0.25, -0.2) is 4.98 Å². The topological polar surface area (TPSA) is 54.3 Å². The highest BCUT2D eigenvalue weighted by Crippen LogP contribution is 2.38. The minimum Gasteiger partial charge on any atom is -0.495 e. The van der Waals surface area contributed by atoms with Gasteiger partial charge in [0, 0.05) is 62.0 Å². The number of imidazole rings is 1. The lowest BCUT2D eigenvalue weighted by molar-refractivity contribution is 0.281. The Balaban J connectivity index is 1.63. The van der Waals surface area contributed by atoms with Gasteiger partial charge in [0.25, 0.3) is 0 Å². The molecule has 172 valence electrons. The van der Waals surface area contributed by atoms with E-state index in [0.29, 0.717) is 17.4 Å². The summed E-state index contributed by atoms with van der Waals surface area (Å²) in [4.78, 5) is 9.47. The molecule has 0 saturated carbocycles. The number of rotatable bonds is 8. The number of anilines is 1. The van der Waals surface area contributed by atoms with E-state index in [1.165, 1.54) is 5.69 Å². The number of ether oxygens (including phenoxy) is 2. The van der Waals surface area contributed by atoms with E-state index in [-0.39, 0.29) is 0 Å². The third kappa shape index (κ3) is 5.28. The van der Waals surface area contributed by atoms with Crippen LogP contribution >= 0.6 is 11.6 Å². The first-order valence-electron chi connectivity index (χ1n) is 11.1. The van der Waals surface area contributed by atoms with E-state index in [9.17, 15) is 0 Å². The van der Waals surface area contributed by atoms with Crippen LogP contribution in [0, 0.1) is 0 Å². The molecule has 0 atom stereocenters. The molecule has 3 heterocycles. The van der Waals surface area contributed by atoms with E-state index in [0.717, 1.165) is 68.2 Å². The summed E-state index contributed by atoms with van der Waals surface area (Å²) in [6.45, 7) is 5.70. The largest absolute Gasteiger partial charge is 0.495 e. The van der Waals surface area contributed by atoms with Gasteiger partial charge in [-0.2, -0.15) is 0 Å². The predicted octanol–water partition coefficient (Wildman–Crippen LogP) is 3.79. The lowest BCUT2D eigenvalue weighted by Gasteiger charge is -2.22. The summed E-state index contributed by atoms with van der Waals surface area (Å²) in [5, 5.41) is 4.00. The van der Waals surface area contributed by atoms with Crippen LogP contribution in [0.2, 0.25) is 5.02 Å². The number of hydrogen-bond acceptors (Lipinski definition) is 6. The molecule has 0 spiro atoms. The number of nitrogens with one attached hydrogen (secondary N) is 1. The van der Waals surface area contributed by atoms with Gasteiger partial charge in [0.1, 0.15) is 17.1 Å². The number of nitrogens with zero attached hydrogens (tertiary/aromatic N) is 4. The Labute approximate surface area is 194 Å². The summed E-state index contributed by atoms with van der Waals surface area (Å²) in [7, 11) is 5.73. The van der Waals surface area contributed by atoms with E-state index in [4.69, 9.17) is 26.1 Å². The van der Waals surface area contributed by atoms with Crippen molar-refractivity contribution in [3.63, 3.8) is 0 Å². The Morgan fingerprint density at radius 1 is 1.16 bits per heavy atom. The van der Waals surface area contributed by atoms with Gasteiger partial charge >= 0.3 is 0 Å². The van der Waals surface area contributed by atoms with Crippen LogP contribution in [-0.2, 0) is 0 Å². The van der Waals surface area contributed by atoms with Gasteiger partial charge in [-0.15, -0.1) is 0 Å². The highest BCUT2D eigenvalue weighted by atomic mass is 35.5. The Hall–Kier alpha value is -2.48. The summed E-state index contributed by atoms with van der Waals surface area (Å²) in [6.07, 6.45) is 6.16. The van der Waals surface area contributed by atoms with Crippen molar-refractivity contribution in [2.24, 2.45) is 0 Å². The van der Waals surface area contributed by atoms with Crippen molar-refractivity contribution in [2.75, 3.05) is 65.4 Å². The van der Waals surface area contributed by atoms with Crippen molar-refractivity contribution in [1.82, 2.24) is 19.6 Å². The monoisotopic (exact) mass is 457 g/mol. The molecule has 1 saturated heterocycles. The van der Waals surface area contributed by atoms with E-state index in [1.54, 1.807) is 7.11 Å². The number of fused-ring (bicyclic) bond motifs is 1. The first-order valence-corrected chi connectivity index (χ1v) is 11.5. The maximum Gasteiger partial charge on any atom is 0.141 e. The quantitative estimate of drug-likeness (QED) is 0.519. The second-order valence-electron chi connectivity index (χ2n) is 8.36. The van der Waals surface area contributed by atoms with Crippen LogP contribution in [-0.4, -0.2) is 74.8 Å². The average Bonchev–Trinajstić information content (AvgIpc) is 3.01. The smallest absolute Gasteiger partial charge is 0.141 e. The highest BCUT2D eigenvalue weighted by Gasteiger charge is 2.16. The number of methoxy groups -OCH3 is 1. The van der Waals surface area contributed by atoms with E-state index in [2.05, 4.69) is 47.5 Å². The summed E-state index contributed by atoms with van der Waals surface area (Å²) >= 11 is 6.46. The van der Waals surface area contributed by atoms with Crippen molar-refractivity contribution in [3.05, 3.63) is 41.7 Å². The summed E-state index contributed by atoms with van der Waals surface area (Å²) in [5.74, 6) is 1.33. The van der Waals surface area contributed by atoms with Crippen LogP contribution < -0.4 is 19.7 Å². The third-order valence-electron chi connectivity index (χ3n) is 5.69. The number of halogens is 1. The summed E-state index contributed by atoms with van der Waals surface area (Å²) < 4.78 is 13.6. The number of aromatic nitrogens is 2. The van der Waals surface area contributed by atoms with Crippen LogP contribution in [0.5, 0.6) is 11.5 Å². The van der Waals surface area contributed by atoms with E-state index in [1.807, 2.05) is 22.7 Å². The van der Waals surface area contributed by atoms with Crippen LogP contribution in [0.15, 0.2) is 36.7 Å². The second-order valence-corrected chi connectivity index (χ2v) is 8.76. The van der Waals surface area contributed by atoms with Gasteiger partial charge in [0.05, 0.1) is 24.4 Å². The fourth-order valence-corrected chi connectivity index (χ4v) is 4.22. The molecule has 8 heteroatoms. The van der Waals surface area contributed by atoms with Crippen molar-refractivity contribution >= 4 is 22.9 Å². The molecule has 7 nitrogen and oxygen atoms in total. The Kier molecular flexibility index (Phi) is 7.40. The second kappa shape index (κ2) is 10.4. The van der Waals surface area contributed by atoms with Crippen LogP contribution in [0.3, 0.4) is 0 Å². The molecule has 0 bridgehead atoms. The van der Waals surface area contributed by atoms with Gasteiger partial charge in [0.15, 0.2) is 0 Å². The molecule has 0 aliphatic carbocycles. The van der Waals surface area contributed by atoms with Gasteiger partial charge < -0.3 is 29.0 Å². The first kappa shape index (κ1) is 22.7. The molecule has 0 radical (unpaired) electrons. The average molecular weight is 458 g/mol. The first-order chi connectivity index (χ1) is 15.5. The Bertz CT molecular complexity index is 1040. The van der Waals surface area contributed by atoms with Gasteiger partial charge in [-0.3, -0.25) is 0 Å². The molecule has 32 heavy (non-hydrogen) atoms. The molecule has 2 aromatic heterocycles. The molecule has 0 unspecified atom stereocenters. The molecule has 1 aliphatic rings. The minimum absolute atomic E-state index is 0.540. The summed E-state index contributed by atoms with van der Waals surface area (Å²) in [6, 6.07) is 8.04. The van der Waals surface area contributed by atoms with Crippen molar-refractivity contribution in [1.29, 1.82) is 0 Å². The van der Waals surface area contributed by atoms with Crippen LogP contribution in [0.25, 0.3) is 16.9 Å². The SMILES string of the molecule is COc1cc(OCCCN(C)C)c(-c2cn3ccc(N4CCCNCC4)cc3n2)cc1Cl. The van der Waals surface area contributed by atoms with Crippen molar-refractivity contribution in [3.8, 4) is 22.8 Å².